The van der Waals surface area contributed by atoms with Gasteiger partial charge in [0.1, 0.15) is 36.6 Å². The second kappa shape index (κ2) is 21.3. The van der Waals surface area contributed by atoms with Crippen LogP contribution in [0.1, 0.15) is 82.6 Å². The zero-order valence-electron chi connectivity index (χ0n) is 37.7. The maximum atomic E-state index is 15.1. The third kappa shape index (κ3) is 9.95. The molecule has 3 unspecified atom stereocenters. The molecule has 3 fully saturated rings. The molecule has 1 aliphatic heterocycles. The number of benzene rings is 2. The first-order valence-electron chi connectivity index (χ1n) is 21.7. The molecule has 1 saturated heterocycles. The summed E-state index contributed by atoms with van der Waals surface area (Å²) >= 11 is 0.962. The first-order chi connectivity index (χ1) is 31.3. The van der Waals surface area contributed by atoms with Crippen molar-refractivity contribution in [2.24, 2.45) is 22.6 Å². The summed E-state index contributed by atoms with van der Waals surface area (Å²) in [5, 5.41) is 41.9. The lowest BCUT2D eigenvalue weighted by atomic mass is 9.44. The second-order valence-corrected chi connectivity index (χ2v) is 18.6. The molecule has 0 amide bonds. The van der Waals surface area contributed by atoms with E-state index in [1.54, 1.807) is 76.2 Å². The van der Waals surface area contributed by atoms with E-state index in [1.807, 2.05) is 0 Å². The molecule has 2 aromatic carbocycles. The summed E-state index contributed by atoms with van der Waals surface area (Å²) in [5.74, 6) is -1.60. The normalized spacial score (nSPS) is 30.8. The molecule has 66 heavy (non-hydrogen) atoms. The van der Waals surface area contributed by atoms with Crippen LogP contribution in [0.25, 0.3) is 0 Å². The standard InChI is InChI=1S/C46H59NO18S/c1-26(29-14-9-7-10-15-29)37(60-34(50)24-57-20-19-56-18-13-21-66-65-64-63-47)42(54)59-31-23-46(55)40(61-41(53)30-16-11-8-12-17-30)38-44(6,39(52)36(51)35(27(31)2)43(46,4)5)32(49)22-33-45(38,25-58-33)62-28(3)48/h7-12,14-17,26,31-33,36-38,40,49,51,55H,13,18-25,47H2,1-6H3/t26-,31-,32-,33?,36+,37+,38-,40?,44+,45-,46?/m0/s1. The molecule has 4 aliphatic rings. The van der Waals surface area contributed by atoms with E-state index < -0.39 is 113 Å². The van der Waals surface area contributed by atoms with Crippen LogP contribution in [0.2, 0.25) is 0 Å². The number of ketones is 1. The number of nitrogens with two attached hydrogens (primary N) is 1. The van der Waals surface area contributed by atoms with Gasteiger partial charge < -0.3 is 48.5 Å². The van der Waals surface area contributed by atoms with Crippen LogP contribution in [0.15, 0.2) is 71.8 Å². The SMILES string of the molecule is CC(=O)O[C@@]12COC1C[C@H](O)[C@@]1(C)C(=O)[C@H](O)C3=C(C)[C@@H](OC(=O)[C@H](OC(=O)COCCOCCCSOOON)[C@@H](C)c4ccccc4)CC(O)(C(OC(=O)c4ccccc4)[C@@H]12)C3(C)C. The molecule has 1 heterocycles. The van der Waals surface area contributed by atoms with E-state index in [2.05, 4.69) is 14.4 Å². The quantitative estimate of drug-likeness (QED) is 0.0282. The van der Waals surface area contributed by atoms with Gasteiger partial charge in [0, 0.05) is 55.5 Å². The highest BCUT2D eigenvalue weighted by molar-refractivity contribution is 7.94. The Bertz CT molecular complexity index is 2090. The number of esters is 4. The number of carbonyl (C=O) groups is 5. The molecule has 19 nitrogen and oxygen atoms in total. The van der Waals surface area contributed by atoms with E-state index in [9.17, 15) is 34.5 Å². The van der Waals surface area contributed by atoms with Gasteiger partial charge in [-0.1, -0.05) is 69.3 Å². The number of hydrogen-bond donors (Lipinski definition) is 4. The first-order valence-corrected chi connectivity index (χ1v) is 22.6. The summed E-state index contributed by atoms with van der Waals surface area (Å²) < 4.78 is 45.8. The molecular weight excluding hydrogens is 887 g/mol. The van der Waals surface area contributed by atoms with Gasteiger partial charge in [-0.2, -0.15) is 5.90 Å². The van der Waals surface area contributed by atoms with Crippen molar-refractivity contribution in [1.29, 1.82) is 0 Å². The Kier molecular flexibility index (Phi) is 16.5. The number of aliphatic hydroxyl groups excluding tert-OH is 2. The smallest absolute Gasteiger partial charge is 0.348 e. The van der Waals surface area contributed by atoms with E-state index in [0.29, 0.717) is 24.3 Å². The Morgan fingerprint density at radius 1 is 0.955 bits per heavy atom. The summed E-state index contributed by atoms with van der Waals surface area (Å²) in [5.41, 5.74) is -6.86. The number of hydrogen-bond acceptors (Lipinski definition) is 20. The van der Waals surface area contributed by atoms with Crippen molar-refractivity contribution < 1.29 is 86.8 Å². The molecule has 0 aromatic heterocycles. The Balaban J connectivity index is 1.33. The number of fused-ring (bicyclic) bond motifs is 5. The minimum absolute atomic E-state index is 0.0230. The number of rotatable bonds is 20. The molecule has 6 rings (SSSR count). The predicted molar refractivity (Wildman–Crippen MR) is 230 cm³/mol. The van der Waals surface area contributed by atoms with Crippen molar-refractivity contribution in [3.05, 3.63) is 82.9 Å². The lowest BCUT2D eigenvalue weighted by Crippen LogP contribution is -2.81. The maximum absolute atomic E-state index is 15.1. The second-order valence-electron chi connectivity index (χ2n) is 17.8. The fourth-order valence-corrected chi connectivity index (χ4v) is 10.5. The van der Waals surface area contributed by atoms with Crippen molar-refractivity contribution in [3.63, 3.8) is 0 Å². The summed E-state index contributed by atoms with van der Waals surface area (Å²) in [6, 6.07) is 16.7. The third-order valence-corrected chi connectivity index (χ3v) is 14.3. The summed E-state index contributed by atoms with van der Waals surface area (Å²) in [6.07, 6.45) is -9.41. The topological polar surface area (TPSA) is 264 Å². The van der Waals surface area contributed by atoms with Crippen LogP contribution in [0.3, 0.4) is 0 Å². The van der Waals surface area contributed by atoms with Crippen molar-refractivity contribution >= 4 is 41.7 Å². The minimum atomic E-state index is -2.34. The molecule has 3 aliphatic carbocycles. The average molecular weight is 946 g/mol. The third-order valence-electron chi connectivity index (χ3n) is 13.7. The van der Waals surface area contributed by atoms with Gasteiger partial charge in [0.15, 0.2) is 11.4 Å². The lowest BCUT2D eigenvalue weighted by Gasteiger charge is -2.67. The molecule has 5 N–H and O–H groups in total. The van der Waals surface area contributed by atoms with Gasteiger partial charge in [-0.05, 0) is 54.1 Å². The molecule has 2 saturated carbocycles. The number of carbonyl (C=O) groups excluding carboxylic acids is 5. The van der Waals surface area contributed by atoms with Gasteiger partial charge in [-0.15, -0.1) is 9.32 Å². The van der Waals surface area contributed by atoms with Crippen LogP contribution < -0.4 is 5.90 Å². The van der Waals surface area contributed by atoms with E-state index in [4.69, 9.17) is 39.1 Å². The summed E-state index contributed by atoms with van der Waals surface area (Å²) in [6.45, 7) is 8.59. The van der Waals surface area contributed by atoms with E-state index >= 15 is 4.79 Å². The van der Waals surface area contributed by atoms with Crippen molar-refractivity contribution in [3.8, 4) is 0 Å². The number of Topliss-reactive ketones (excluding diaryl/α,β-unsaturated/α-hetero) is 1. The van der Waals surface area contributed by atoms with Crippen molar-refractivity contribution in [1.82, 2.24) is 0 Å². The molecule has 2 aromatic rings. The van der Waals surface area contributed by atoms with Crippen molar-refractivity contribution in [2.75, 3.05) is 38.8 Å². The van der Waals surface area contributed by atoms with E-state index in [-0.39, 0.29) is 43.0 Å². The largest absolute Gasteiger partial charge is 0.455 e. The fraction of sp³-hybridized carbons (Fsp3) is 0.587. The molecule has 2 bridgehead atoms. The van der Waals surface area contributed by atoms with Gasteiger partial charge in [-0.3, -0.25) is 9.59 Å². The summed E-state index contributed by atoms with van der Waals surface area (Å²) in [4.78, 5) is 74.0. The predicted octanol–water partition coefficient (Wildman–Crippen LogP) is 3.17. The molecule has 362 valence electrons. The molecule has 0 radical (unpaired) electrons. The Morgan fingerprint density at radius 3 is 2.26 bits per heavy atom. The summed E-state index contributed by atoms with van der Waals surface area (Å²) in [7, 11) is 0. The molecule has 0 spiro atoms. The zero-order valence-corrected chi connectivity index (χ0v) is 38.5. The number of ether oxygens (including phenoxy) is 7. The van der Waals surface area contributed by atoms with E-state index in [0.717, 1.165) is 19.0 Å². The Labute approximate surface area is 386 Å². The van der Waals surface area contributed by atoms with Crippen LogP contribution in [0.5, 0.6) is 0 Å². The van der Waals surface area contributed by atoms with Gasteiger partial charge in [0.25, 0.3) is 0 Å². The Hall–Kier alpha value is -4.32. The highest BCUT2D eigenvalue weighted by atomic mass is 32.2. The van der Waals surface area contributed by atoms with Gasteiger partial charge >= 0.3 is 23.9 Å². The monoisotopic (exact) mass is 945 g/mol. The van der Waals surface area contributed by atoms with Gasteiger partial charge in [0.05, 0.1) is 42.8 Å². The number of aliphatic hydroxyl groups is 3. The highest BCUT2D eigenvalue weighted by Crippen LogP contribution is 2.64. The Morgan fingerprint density at radius 2 is 1.62 bits per heavy atom. The van der Waals surface area contributed by atoms with Crippen molar-refractivity contribution in [2.45, 2.75) is 115 Å². The lowest BCUT2D eigenvalue weighted by molar-refractivity contribution is -0.464. The van der Waals surface area contributed by atoms with Crippen LogP contribution in [0.4, 0.5) is 0 Å². The minimum Gasteiger partial charge on any atom is -0.455 e. The van der Waals surface area contributed by atoms with Crippen LogP contribution >= 0.6 is 12.0 Å². The fourth-order valence-electron chi connectivity index (χ4n) is 10.1. The average Bonchev–Trinajstić information content (AvgIpc) is 3.28. The first kappa shape index (κ1) is 51.1. The molecule has 11 atom stereocenters. The van der Waals surface area contributed by atoms with Crippen LogP contribution in [-0.2, 0) is 66.7 Å². The zero-order chi connectivity index (χ0) is 48.0. The van der Waals surface area contributed by atoms with E-state index in [1.165, 1.54) is 19.1 Å². The van der Waals surface area contributed by atoms with Crippen LogP contribution in [0, 0.1) is 16.7 Å². The molecule has 20 heteroatoms. The highest BCUT2D eigenvalue weighted by Gasteiger charge is 2.78. The van der Waals surface area contributed by atoms with Crippen LogP contribution in [-0.4, -0.2) is 132 Å². The van der Waals surface area contributed by atoms with Gasteiger partial charge in [-0.25, -0.2) is 14.4 Å². The molecular formula is C46H59NO18S. The maximum Gasteiger partial charge on any atom is 0.348 e. The van der Waals surface area contributed by atoms with Gasteiger partial charge in [0.2, 0.25) is 6.10 Å².